The summed E-state index contributed by atoms with van der Waals surface area (Å²) in [6, 6.07) is 11.2. The van der Waals surface area contributed by atoms with Gasteiger partial charge in [0.15, 0.2) is 5.92 Å². The Morgan fingerprint density at radius 2 is 2.00 bits per heavy atom. The van der Waals surface area contributed by atoms with Crippen LogP contribution in [0.5, 0.6) is 0 Å². The summed E-state index contributed by atoms with van der Waals surface area (Å²) in [6.07, 6.45) is 0.119. The molecule has 1 amide bonds. The van der Waals surface area contributed by atoms with Crippen molar-refractivity contribution in [3.05, 3.63) is 45.9 Å². The number of nitrogens with one attached hydrogen (secondary N) is 1. The summed E-state index contributed by atoms with van der Waals surface area (Å²) in [6.45, 7) is 1.98. The van der Waals surface area contributed by atoms with Crippen LogP contribution in [0.3, 0.4) is 0 Å². The number of benzene rings is 1. The summed E-state index contributed by atoms with van der Waals surface area (Å²) >= 11 is 1.22. The van der Waals surface area contributed by atoms with Crippen LogP contribution in [-0.4, -0.2) is 10.9 Å². The van der Waals surface area contributed by atoms with Gasteiger partial charge in [-0.15, -0.1) is 11.3 Å². The van der Waals surface area contributed by atoms with Crippen molar-refractivity contribution in [3.8, 4) is 12.1 Å². The Bertz CT molecular complexity index is 707. The first-order valence-electron chi connectivity index (χ1n) is 6.22. The summed E-state index contributed by atoms with van der Waals surface area (Å²) in [7, 11) is 0. The Kier molecular flexibility index (Phi) is 4.65. The number of carbonyl (C=O) groups is 1. The third-order valence-electron chi connectivity index (χ3n) is 2.75. The molecule has 1 aromatic heterocycles. The van der Waals surface area contributed by atoms with Crippen LogP contribution in [0.4, 0.5) is 5.69 Å². The van der Waals surface area contributed by atoms with E-state index in [1.54, 1.807) is 5.38 Å². The molecule has 0 aliphatic carbocycles. The van der Waals surface area contributed by atoms with E-state index in [2.05, 4.69) is 10.3 Å². The lowest BCUT2D eigenvalue weighted by Gasteiger charge is -2.04. The van der Waals surface area contributed by atoms with Gasteiger partial charge >= 0.3 is 0 Å². The van der Waals surface area contributed by atoms with Crippen molar-refractivity contribution < 1.29 is 4.79 Å². The highest BCUT2D eigenvalue weighted by atomic mass is 32.1. The molecule has 0 aliphatic rings. The highest BCUT2D eigenvalue weighted by Crippen LogP contribution is 2.19. The first-order valence-corrected chi connectivity index (χ1v) is 7.10. The molecule has 0 aliphatic heterocycles. The van der Waals surface area contributed by atoms with E-state index < -0.39 is 5.92 Å². The van der Waals surface area contributed by atoms with Crippen molar-refractivity contribution in [1.82, 2.24) is 4.98 Å². The van der Waals surface area contributed by atoms with Gasteiger partial charge in [-0.05, 0) is 19.1 Å². The van der Waals surface area contributed by atoms with Gasteiger partial charge in [0.25, 0.3) is 0 Å². The quantitative estimate of drug-likeness (QED) is 0.939. The highest BCUT2D eigenvalue weighted by Gasteiger charge is 2.15. The zero-order valence-electron chi connectivity index (χ0n) is 11.3. The van der Waals surface area contributed by atoms with Crippen LogP contribution in [0.25, 0.3) is 0 Å². The Labute approximate surface area is 126 Å². The van der Waals surface area contributed by atoms with Crippen LogP contribution >= 0.6 is 11.3 Å². The van der Waals surface area contributed by atoms with Gasteiger partial charge in [0.1, 0.15) is 5.01 Å². The Balaban J connectivity index is 1.99. The fourth-order valence-corrected chi connectivity index (χ4v) is 2.49. The van der Waals surface area contributed by atoms with E-state index >= 15 is 0 Å². The number of aryl methyl sites for hydroxylation is 1. The average Bonchev–Trinajstić information content (AvgIpc) is 2.91. The van der Waals surface area contributed by atoms with Crippen molar-refractivity contribution in [2.75, 3.05) is 5.32 Å². The molecule has 0 saturated carbocycles. The molecular weight excluding hydrogens is 284 g/mol. The minimum Gasteiger partial charge on any atom is -0.326 e. The number of rotatable bonds is 4. The Hall–Kier alpha value is -2.70. The number of hydrogen-bond donors (Lipinski definition) is 1. The molecule has 2 rings (SSSR count). The van der Waals surface area contributed by atoms with E-state index in [0.717, 1.165) is 11.3 Å². The number of aromatic nitrogens is 1. The van der Waals surface area contributed by atoms with Gasteiger partial charge in [0.2, 0.25) is 5.91 Å². The second-order valence-electron chi connectivity index (χ2n) is 4.46. The van der Waals surface area contributed by atoms with Gasteiger partial charge in [-0.25, -0.2) is 4.98 Å². The molecule has 1 heterocycles. The zero-order valence-corrected chi connectivity index (χ0v) is 12.1. The number of amides is 1. The topological polar surface area (TPSA) is 89.6 Å². The SMILES string of the molecule is Cc1ccc(NC(=O)Cc2csc(C(C#N)C#N)n2)cc1. The number of anilines is 1. The number of thiazole rings is 1. The van der Waals surface area contributed by atoms with Gasteiger partial charge in [-0.1, -0.05) is 17.7 Å². The van der Waals surface area contributed by atoms with Gasteiger partial charge in [0.05, 0.1) is 24.3 Å². The van der Waals surface area contributed by atoms with Gasteiger partial charge < -0.3 is 5.32 Å². The Morgan fingerprint density at radius 3 is 2.62 bits per heavy atom. The van der Waals surface area contributed by atoms with Gasteiger partial charge in [-0.3, -0.25) is 4.79 Å². The van der Waals surface area contributed by atoms with E-state index in [-0.39, 0.29) is 12.3 Å². The molecule has 0 fully saturated rings. The molecule has 2 aromatic rings. The van der Waals surface area contributed by atoms with Gasteiger partial charge in [0, 0.05) is 11.1 Å². The summed E-state index contributed by atoms with van der Waals surface area (Å²) in [5.74, 6) is -1.05. The number of carbonyl (C=O) groups excluding carboxylic acids is 1. The highest BCUT2D eigenvalue weighted by molar-refractivity contribution is 7.09. The molecular formula is C15H12N4OS. The van der Waals surface area contributed by atoms with Crippen molar-refractivity contribution in [2.45, 2.75) is 19.3 Å². The normalized spacial score (nSPS) is 9.90. The lowest BCUT2D eigenvalue weighted by Crippen LogP contribution is -2.14. The lowest BCUT2D eigenvalue weighted by atomic mass is 10.2. The number of hydrogen-bond acceptors (Lipinski definition) is 5. The van der Waals surface area contributed by atoms with Crippen molar-refractivity contribution in [2.24, 2.45) is 0 Å². The maximum atomic E-state index is 11.9. The summed E-state index contributed by atoms with van der Waals surface area (Å²) < 4.78 is 0. The second kappa shape index (κ2) is 6.65. The van der Waals surface area contributed by atoms with Crippen LogP contribution in [0.1, 0.15) is 22.2 Å². The van der Waals surface area contributed by atoms with Crippen LogP contribution < -0.4 is 5.32 Å². The predicted molar refractivity (Wildman–Crippen MR) is 79.6 cm³/mol. The molecule has 21 heavy (non-hydrogen) atoms. The average molecular weight is 296 g/mol. The van der Waals surface area contributed by atoms with E-state index in [1.807, 2.05) is 43.3 Å². The molecule has 0 radical (unpaired) electrons. The Morgan fingerprint density at radius 1 is 1.33 bits per heavy atom. The minimum absolute atomic E-state index is 0.119. The number of nitriles is 2. The predicted octanol–water partition coefficient (Wildman–Crippen LogP) is 2.76. The molecule has 1 N–H and O–H groups in total. The summed E-state index contributed by atoms with van der Waals surface area (Å²) in [5.41, 5.74) is 2.42. The summed E-state index contributed by atoms with van der Waals surface area (Å²) in [4.78, 5) is 16.1. The van der Waals surface area contributed by atoms with Crippen LogP contribution in [0.2, 0.25) is 0 Å². The van der Waals surface area contributed by atoms with Gasteiger partial charge in [-0.2, -0.15) is 10.5 Å². The van der Waals surface area contributed by atoms with Crippen LogP contribution in [-0.2, 0) is 11.2 Å². The monoisotopic (exact) mass is 296 g/mol. The third kappa shape index (κ3) is 3.88. The van der Waals surface area contributed by atoms with Crippen molar-refractivity contribution in [3.63, 3.8) is 0 Å². The molecule has 0 bridgehead atoms. The fourth-order valence-electron chi connectivity index (χ4n) is 1.68. The van der Waals surface area contributed by atoms with E-state index in [0.29, 0.717) is 10.7 Å². The molecule has 1 aromatic carbocycles. The maximum Gasteiger partial charge on any atom is 0.230 e. The third-order valence-corrected chi connectivity index (χ3v) is 3.71. The van der Waals surface area contributed by atoms with E-state index in [1.165, 1.54) is 11.3 Å². The first-order chi connectivity index (χ1) is 10.1. The number of nitrogens with zero attached hydrogens (tertiary/aromatic N) is 3. The van der Waals surface area contributed by atoms with Crippen molar-refractivity contribution in [1.29, 1.82) is 10.5 Å². The molecule has 0 saturated heterocycles. The zero-order chi connectivity index (χ0) is 15.2. The van der Waals surface area contributed by atoms with Crippen molar-refractivity contribution >= 4 is 22.9 Å². The fraction of sp³-hybridized carbons (Fsp3) is 0.200. The smallest absolute Gasteiger partial charge is 0.230 e. The molecule has 0 spiro atoms. The maximum absolute atomic E-state index is 11.9. The van der Waals surface area contributed by atoms with Crippen LogP contribution in [0, 0.1) is 29.6 Å². The molecule has 0 atom stereocenters. The summed E-state index contributed by atoms with van der Waals surface area (Å²) in [5, 5.41) is 22.5. The molecule has 5 nitrogen and oxygen atoms in total. The van der Waals surface area contributed by atoms with E-state index in [4.69, 9.17) is 10.5 Å². The van der Waals surface area contributed by atoms with Crippen LogP contribution in [0.15, 0.2) is 29.6 Å². The first kappa shape index (κ1) is 14.7. The van der Waals surface area contributed by atoms with E-state index in [9.17, 15) is 4.79 Å². The minimum atomic E-state index is -0.871. The standard InChI is InChI=1S/C15H12N4OS/c1-10-2-4-12(5-3-10)18-14(20)6-13-9-21-15(19-13)11(7-16)8-17/h2-5,9,11H,6H2,1H3,(H,18,20). The molecule has 6 heteroatoms. The second-order valence-corrected chi connectivity index (χ2v) is 5.35. The largest absolute Gasteiger partial charge is 0.326 e. The molecule has 0 unspecified atom stereocenters. The lowest BCUT2D eigenvalue weighted by molar-refractivity contribution is -0.115. The molecule has 104 valence electrons.